The third-order valence-electron chi connectivity index (χ3n) is 4.04. The van der Waals surface area contributed by atoms with Crippen LogP contribution in [-0.2, 0) is 20.9 Å². The van der Waals surface area contributed by atoms with Crippen molar-refractivity contribution in [1.82, 2.24) is 15.4 Å². The van der Waals surface area contributed by atoms with Crippen LogP contribution in [0.15, 0.2) is 12.1 Å². The summed E-state index contributed by atoms with van der Waals surface area (Å²) in [6.07, 6.45) is 2.66. The maximum absolute atomic E-state index is 12.0. The van der Waals surface area contributed by atoms with E-state index in [-0.39, 0.29) is 23.5 Å². The molecule has 0 saturated heterocycles. The zero-order chi connectivity index (χ0) is 18.7. The van der Waals surface area contributed by atoms with Gasteiger partial charge in [0, 0.05) is 13.5 Å². The molecule has 0 unspecified atom stereocenters. The number of amides is 1. The van der Waals surface area contributed by atoms with E-state index in [0.29, 0.717) is 34.5 Å². The molecule has 0 aliphatic heterocycles. The SMILES string of the molecule is COCc1cc2nc(NNC(=O)CC3CC3)c(Cl)nc2cc1C(=O)OC. The first kappa shape index (κ1) is 18.3. The summed E-state index contributed by atoms with van der Waals surface area (Å²) in [6, 6.07) is 3.25. The van der Waals surface area contributed by atoms with E-state index in [2.05, 4.69) is 20.8 Å². The second-order valence-electron chi connectivity index (χ2n) is 6.11. The Balaban J connectivity index is 1.87. The molecule has 1 aromatic heterocycles. The molecule has 1 fully saturated rings. The van der Waals surface area contributed by atoms with Gasteiger partial charge in [0.05, 0.1) is 30.3 Å². The number of hydrogen-bond acceptors (Lipinski definition) is 7. The summed E-state index contributed by atoms with van der Waals surface area (Å²) in [5.74, 6) is 0.0961. The number of halogens is 1. The van der Waals surface area contributed by atoms with Gasteiger partial charge in [0.15, 0.2) is 11.0 Å². The lowest BCUT2D eigenvalue weighted by atomic mass is 10.1. The third-order valence-corrected chi connectivity index (χ3v) is 4.31. The van der Waals surface area contributed by atoms with Crippen LogP contribution in [0.2, 0.25) is 5.15 Å². The van der Waals surface area contributed by atoms with Crippen molar-refractivity contribution in [3.8, 4) is 0 Å². The zero-order valence-corrected chi connectivity index (χ0v) is 15.2. The van der Waals surface area contributed by atoms with Crippen LogP contribution >= 0.6 is 11.6 Å². The Hall–Kier alpha value is -2.45. The average Bonchev–Trinajstić information content (AvgIpc) is 3.43. The molecule has 1 heterocycles. The standard InChI is InChI=1S/C17H19ClN4O4/c1-25-8-10-6-12-13(7-11(10)17(24)26-2)19-15(18)16(20-12)22-21-14(23)5-9-3-4-9/h6-7,9H,3-5,8H2,1-2H3,(H,20,22)(H,21,23). The number of carbonyl (C=O) groups is 2. The fraction of sp³-hybridized carbons (Fsp3) is 0.412. The van der Waals surface area contributed by atoms with Gasteiger partial charge in [0.2, 0.25) is 5.91 Å². The quantitative estimate of drug-likeness (QED) is 0.563. The van der Waals surface area contributed by atoms with Gasteiger partial charge >= 0.3 is 5.97 Å². The molecular formula is C17H19ClN4O4. The predicted octanol–water partition coefficient (Wildman–Crippen LogP) is 2.46. The molecule has 1 amide bonds. The number of fused-ring (bicyclic) bond motifs is 1. The topological polar surface area (TPSA) is 102 Å². The summed E-state index contributed by atoms with van der Waals surface area (Å²) in [7, 11) is 2.83. The van der Waals surface area contributed by atoms with Crippen LogP contribution in [0.3, 0.4) is 0 Å². The number of carbonyl (C=O) groups excluding carboxylic acids is 2. The summed E-state index contributed by atoms with van der Waals surface area (Å²) >= 11 is 6.14. The molecule has 1 aliphatic carbocycles. The maximum Gasteiger partial charge on any atom is 0.338 e. The van der Waals surface area contributed by atoms with Crippen molar-refractivity contribution < 1.29 is 19.1 Å². The minimum absolute atomic E-state index is 0.0829. The lowest BCUT2D eigenvalue weighted by Gasteiger charge is -2.12. The number of hydrogen-bond donors (Lipinski definition) is 2. The highest BCUT2D eigenvalue weighted by atomic mass is 35.5. The molecule has 0 bridgehead atoms. The predicted molar refractivity (Wildman–Crippen MR) is 95.7 cm³/mol. The summed E-state index contributed by atoms with van der Waals surface area (Å²) in [4.78, 5) is 32.4. The number of ether oxygens (including phenoxy) is 2. The van der Waals surface area contributed by atoms with Gasteiger partial charge in [0.1, 0.15) is 0 Å². The van der Waals surface area contributed by atoms with E-state index in [0.717, 1.165) is 12.8 Å². The van der Waals surface area contributed by atoms with E-state index in [4.69, 9.17) is 21.1 Å². The third kappa shape index (κ3) is 4.20. The van der Waals surface area contributed by atoms with Gasteiger partial charge in [-0.05, 0) is 36.5 Å². The fourth-order valence-corrected chi connectivity index (χ4v) is 2.72. The van der Waals surface area contributed by atoms with Gasteiger partial charge in [-0.3, -0.25) is 15.6 Å². The number of benzene rings is 1. The first-order valence-electron chi connectivity index (χ1n) is 8.14. The highest BCUT2D eigenvalue weighted by Gasteiger charge is 2.24. The molecule has 3 rings (SSSR count). The van der Waals surface area contributed by atoms with Gasteiger partial charge < -0.3 is 9.47 Å². The Labute approximate surface area is 155 Å². The van der Waals surface area contributed by atoms with E-state index in [1.54, 1.807) is 12.1 Å². The van der Waals surface area contributed by atoms with E-state index < -0.39 is 5.97 Å². The van der Waals surface area contributed by atoms with Gasteiger partial charge in [-0.15, -0.1) is 0 Å². The van der Waals surface area contributed by atoms with Gasteiger partial charge in [-0.2, -0.15) is 0 Å². The Morgan fingerprint density at radius 3 is 2.62 bits per heavy atom. The van der Waals surface area contributed by atoms with Crippen LogP contribution in [0, 0.1) is 5.92 Å². The van der Waals surface area contributed by atoms with E-state index in [9.17, 15) is 9.59 Å². The number of anilines is 1. The van der Waals surface area contributed by atoms with Crippen LogP contribution in [0.1, 0.15) is 35.2 Å². The highest BCUT2D eigenvalue weighted by molar-refractivity contribution is 6.32. The Bertz CT molecular complexity index is 854. The minimum atomic E-state index is -0.494. The highest BCUT2D eigenvalue weighted by Crippen LogP contribution is 2.32. The second-order valence-corrected chi connectivity index (χ2v) is 6.46. The molecule has 1 saturated carbocycles. The number of methoxy groups -OCH3 is 2. The fourth-order valence-electron chi connectivity index (χ4n) is 2.54. The first-order valence-corrected chi connectivity index (χ1v) is 8.52. The van der Waals surface area contributed by atoms with Crippen LogP contribution < -0.4 is 10.9 Å². The number of aromatic nitrogens is 2. The van der Waals surface area contributed by atoms with E-state index in [1.165, 1.54) is 14.2 Å². The average molecular weight is 379 g/mol. The van der Waals surface area contributed by atoms with E-state index >= 15 is 0 Å². The van der Waals surface area contributed by atoms with Crippen molar-refractivity contribution in [2.75, 3.05) is 19.6 Å². The van der Waals surface area contributed by atoms with Crippen molar-refractivity contribution in [2.45, 2.75) is 25.9 Å². The summed E-state index contributed by atoms with van der Waals surface area (Å²) in [5, 5.41) is 0.0829. The molecule has 2 N–H and O–H groups in total. The largest absolute Gasteiger partial charge is 0.465 e. The van der Waals surface area contributed by atoms with Crippen LogP contribution in [0.25, 0.3) is 11.0 Å². The normalized spacial score (nSPS) is 13.5. The number of hydrazine groups is 1. The lowest BCUT2D eigenvalue weighted by Crippen LogP contribution is -2.30. The molecule has 8 nitrogen and oxygen atoms in total. The maximum atomic E-state index is 12.0. The van der Waals surface area contributed by atoms with Crippen molar-refractivity contribution in [2.24, 2.45) is 5.92 Å². The van der Waals surface area contributed by atoms with Gasteiger partial charge in [0.25, 0.3) is 0 Å². The summed E-state index contributed by atoms with van der Waals surface area (Å²) < 4.78 is 9.93. The van der Waals surface area contributed by atoms with Crippen LogP contribution in [-0.4, -0.2) is 36.1 Å². The molecule has 9 heteroatoms. The molecular weight excluding hydrogens is 360 g/mol. The summed E-state index contributed by atoms with van der Waals surface area (Å²) in [6.45, 7) is 0.214. The molecule has 26 heavy (non-hydrogen) atoms. The Kier molecular flexibility index (Phi) is 5.53. The molecule has 0 radical (unpaired) electrons. The number of nitrogens with one attached hydrogen (secondary N) is 2. The number of esters is 1. The monoisotopic (exact) mass is 378 g/mol. The van der Waals surface area contributed by atoms with Gasteiger partial charge in [-0.1, -0.05) is 11.6 Å². The Morgan fingerprint density at radius 2 is 1.96 bits per heavy atom. The van der Waals surface area contributed by atoms with Crippen LogP contribution in [0.5, 0.6) is 0 Å². The lowest BCUT2D eigenvalue weighted by molar-refractivity contribution is -0.120. The molecule has 1 aliphatic rings. The molecule has 138 valence electrons. The molecule has 1 aromatic carbocycles. The zero-order valence-electron chi connectivity index (χ0n) is 14.5. The minimum Gasteiger partial charge on any atom is -0.465 e. The van der Waals surface area contributed by atoms with Crippen molar-refractivity contribution in [3.05, 3.63) is 28.4 Å². The Morgan fingerprint density at radius 1 is 1.23 bits per heavy atom. The van der Waals surface area contributed by atoms with Crippen molar-refractivity contribution >= 4 is 40.3 Å². The van der Waals surface area contributed by atoms with Crippen LogP contribution in [0.4, 0.5) is 5.82 Å². The molecule has 0 spiro atoms. The molecule has 0 atom stereocenters. The van der Waals surface area contributed by atoms with Crippen molar-refractivity contribution in [3.63, 3.8) is 0 Å². The number of nitrogens with zero attached hydrogens (tertiary/aromatic N) is 2. The smallest absolute Gasteiger partial charge is 0.338 e. The first-order chi connectivity index (χ1) is 12.5. The van der Waals surface area contributed by atoms with Crippen molar-refractivity contribution in [1.29, 1.82) is 0 Å². The van der Waals surface area contributed by atoms with E-state index in [1.807, 2.05) is 0 Å². The second kappa shape index (κ2) is 7.84. The number of rotatable bonds is 7. The summed E-state index contributed by atoms with van der Waals surface area (Å²) in [5.41, 5.74) is 7.19. The van der Waals surface area contributed by atoms with Gasteiger partial charge in [-0.25, -0.2) is 14.8 Å². The molecule has 2 aromatic rings.